The molecule has 0 radical (unpaired) electrons. The van der Waals surface area contributed by atoms with E-state index in [0.29, 0.717) is 5.56 Å². The molecule has 6 nitrogen and oxygen atoms in total. The molecule has 0 N–H and O–H groups in total. The van der Waals surface area contributed by atoms with E-state index >= 15 is 0 Å². The molecule has 0 spiro atoms. The van der Waals surface area contributed by atoms with E-state index in [1.54, 1.807) is 13.0 Å². The highest BCUT2D eigenvalue weighted by molar-refractivity contribution is 5.73. The molecule has 0 aliphatic heterocycles. The van der Waals surface area contributed by atoms with Gasteiger partial charge in [-0.05, 0) is 31.9 Å². The predicted octanol–water partition coefficient (Wildman–Crippen LogP) is 2.88. The van der Waals surface area contributed by atoms with Crippen molar-refractivity contribution in [2.75, 3.05) is 6.61 Å². The molecule has 6 heteroatoms. The van der Waals surface area contributed by atoms with Crippen LogP contribution in [0.2, 0.25) is 0 Å². The fourth-order valence-electron chi connectivity index (χ4n) is 1.59. The number of nitro benzene ring substituents is 1. The van der Waals surface area contributed by atoms with E-state index in [-0.39, 0.29) is 30.6 Å². The molecule has 0 heterocycles. The first-order valence-corrected chi connectivity index (χ1v) is 6.57. The van der Waals surface area contributed by atoms with Crippen LogP contribution in [0.3, 0.4) is 0 Å². The molecular formula is C14H19NO5. The van der Waals surface area contributed by atoms with Crippen molar-refractivity contribution in [3.05, 3.63) is 33.9 Å². The predicted molar refractivity (Wildman–Crippen MR) is 73.8 cm³/mol. The van der Waals surface area contributed by atoms with Gasteiger partial charge in [0, 0.05) is 6.07 Å². The van der Waals surface area contributed by atoms with Gasteiger partial charge in [0.05, 0.1) is 24.1 Å². The second-order valence-corrected chi connectivity index (χ2v) is 4.38. The molecule has 1 unspecified atom stereocenters. The average Bonchev–Trinajstić information content (AvgIpc) is 2.40. The van der Waals surface area contributed by atoms with E-state index in [1.165, 1.54) is 12.1 Å². The number of rotatable bonds is 7. The monoisotopic (exact) mass is 281 g/mol. The topological polar surface area (TPSA) is 78.7 Å². The van der Waals surface area contributed by atoms with Crippen LogP contribution in [-0.4, -0.2) is 23.6 Å². The average molecular weight is 281 g/mol. The lowest BCUT2D eigenvalue weighted by atomic mass is 10.1. The summed E-state index contributed by atoms with van der Waals surface area (Å²) in [6.45, 7) is 5.78. The number of ether oxygens (including phenoxy) is 2. The van der Waals surface area contributed by atoms with E-state index in [1.807, 2.05) is 13.8 Å². The highest BCUT2D eigenvalue weighted by atomic mass is 16.6. The third-order valence-electron chi connectivity index (χ3n) is 2.78. The lowest BCUT2D eigenvalue weighted by Crippen LogP contribution is -2.12. The molecule has 1 aromatic rings. The molecule has 0 aromatic heterocycles. The van der Waals surface area contributed by atoms with E-state index < -0.39 is 10.9 Å². The number of benzene rings is 1. The van der Waals surface area contributed by atoms with E-state index in [0.717, 1.165) is 6.42 Å². The zero-order valence-corrected chi connectivity index (χ0v) is 11.9. The van der Waals surface area contributed by atoms with Crippen molar-refractivity contribution in [2.45, 2.75) is 39.7 Å². The van der Waals surface area contributed by atoms with Gasteiger partial charge < -0.3 is 9.47 Å². The van der Waals surface area contributed by atoms with Crippen LogP contribution < -0.4 is 4.74 Å². The molecule has 0 aliphatic carbocycles. The van der Waals surface area contributed by atoms with Crippen LogP contribution >= 0.6 is 0 Å². The minimum atomic E-state index is -0.508. The third-order valence-corrected chi connectivity index (χ3v) is 2.78. The summed E-state index contributed by atoms with van der Waals surface area (Å²) in [6.07, 6.45) is 0.657. The molecule has 0 fully saturated rings. The van der Waals surface area contributed by atoms with Gasteiger partial charge in [0.25, 0.3) is 0 Å². The molecule has 1 rings (SSSR count). The molecule has 20 heavy (non-hydrogen) atoms. The summed E-state index contributed by atoms with van der Waals surface area (Å²) in [6, 6.07) is 4.52. The quantitative estimate of drug-likeness (QED) is 0.436. The first kappa shape index (κ1) is 15.9. The molecule has 0 bridgehead atoms. The first-order valence-electron chi connectivity index (χ1n) is 6.57. The number of carbonyl (C=O) groups is 1. The number of carbonyl (C=O) groups excluding carboxylic acids is 1. The minimum Gasteiger partial charge on any atom is -0.484 e. The highest BCUT2D eigenvalue weighted by Gasteiger charge is 2.18. The second kappa shape index (κ2) is 7.47. The molecular weight excluding hydrogens is 262 g/mol. The fourth-order valence-corrected chi connectivity index (χ4v) is 1.59. The van der Waals surface area contributed by atoms with Crippen LogP contribution in [0, 0.1) is 10.1 Å². The standard InChI is InChI=1S/C14H19NO5/c1-4-10(3)20-13-7-6-11(8-12(13)15(17)18)9-14(16)19-5-2/h6-8,10H,4-5,9H2,1-3H3. The van der Waals surface area contributed by atoms with Crippen molar-refractivity contribution in [1.29, 1.82) is 0 Å². The van der Waals surface area contributed by atoms with Crippen molar-refractivity contribution >= 4 is 11.7 Å². The highest BCUT2D eigenvalue weighted by Crippen LogP contribution is 2.29. The lowest BCUT2D eigenvalue weighted by molar-refractivity contribution is -0.386. The Kier molecular flexibility index (Phi) is 5.96. The SMILES string of the molecule is CCOC(=O)Cc1ccc(OC(C)CC)c([N+](=O)[O-])c1. The van der Waals surface area contributed by atoms with Crippen molar-refractivity contribution in [1.82, 2.24) is 0 Å². The number of hydrogen-bond acceptors (Lipinski definition) is 5. The van der Waals surface area contributed by atoms with Crippen LogP contribution in [0.5, 0.6) is 5.75 Å². The summed E-state index contributed by atoms with van der Waals surface area (Å²) in [7, 11) is 0. The summed E-state index contributed by atoms with van der Waals surface area (Å²) in [4.78, 5) is 21.9. The maximum Gasteiger partial charge on any atom is 0.311 e. The summed E-state index contributed by atoms with van der Waals surface area (Å²) in [5.41, 5.74) is 0.402. The van der Waals surface area contributed by atoms with Crippen molar-refractivity contribution in [3.8, 4) is 5.75 Å². The summed E-state index contributed by atoms with van der Waals surface area (Å²) in [5.74, 6) is -0.186. The fraction of sp³-hybridized carbons (Fsp3) is 0.500. The molecule has 0 saturated heterocycles. The Hall–Kier alpha value is -2.11. The van der Waals surface area contributed by atoms with Crippen LogP contribution in [0.25, 0.3) is 0 Å². The zero-order chi connectivity index (χ0) is 15.1. The van der Waals surface area contributed by atoms with Crippen LogP contribution in [0.4, 0.5) is 5.69 Å². The van der Waals surface area contributed by atoms with Crippen molar-refractivity contribution < 1.29 is 19.2 Å². The Morgan fingerprint density at radius 2 is 2.10 bits per heavy atom. The van der Waals surface area contributed by atoms with E-state index in [9.17, 15) is 14.9 Å². The van der Waals surface area contributed by atoms with Gasteiger partial charge in [-0.25, -0.2) is 0 Å². The Morgan fingerprint density at radius 1 is 1.40 bits per heavy atom. The van der Waals surface area contributed by atoms with Gasteiger partial charge in [-0.3, -0.25) is 14.9 Å². The van der Waals surface area contributed by atoms with Gasteiger partial charge in [0.1, 0.15) is 0 Å². The third kappa shape index (κ3) is 4.53. The Labute approximate surface area is 117 Å². The van der Waals surface area contributed by atoms with Gasteiger partial charge in [0.2, 0.25) is 0 Å². The maximum absolute atomic E-state index is 11.4. The van der Waals surface area contributed by atoms with E-state index in [2.05, 4.69) is 0 Å². The van der Waals surface area contributed by atoms with Crippen molar-refractivity contribution in [3.63, 3.8) is 0 Å². The molecule has 0 amide bonds. The zero-order valence-electron chi connectivity index (χ0n) is 11.9. The largest absolute Gasteiger partial charge is 0.484 e. The van der Waals surface area contributed by atoms with Gasteiger partial charge in [0.15, 0.2) is 5.75 Å². The molecule has 0 aliphatic rings. The Bertz CT molecular complexity index is 486. The lowest BCUT2D eigenvalue weighted by Gasteiger charge is -2.13. The smallest absolute Gasteiger partial charge is 0.311 e. The van der Waals surface area contributed by atoms with E-state index in [4.69, 9.17) is 9.47 Å². The normalized spacial score (nSPS) is 11.8. The number of hydrogen-bond donors (Lipinski definition) is 0. The van der Waals surface area contributed by atoms with Gasteiger partial charge in [-0.2, -0.15) is 0 Å². The van der Waals surface area contributed by atoms with Crippen molar-refractivity contribution in [2.24, 2.45) is 0 Å². The summed E-state index contributed by atoms with van der Waals surface area (Å²) in [5, 5.41) is 11.1. The molecule has 0 saturated carbocycles. The molecule has 110 valence electrons. The molecule has 1 atom stereocenters. The molecule has 1 aromatic carbocycles. The number of nitro groups is 1. The summed E-state index contributed by atoms with van der Waals surface area (Å²) >= 11 is 0. The Balaban J connectivity index is 2.95. The maximum atomic E-state index is 11.4. The van der Waals surface area contributed by atoms with Gasteiger partial charge >= 0.3 is 11.7 Å². The Morgan fingerprint density at radius 3 is 2.65 bits per heavy atom. The summed E-state index contributed by atoms with van der Waals surface area (Å²) < 4.78 is 10.3. The first-order chi connectivity index (χ1) is 9.47. The number of nitrogens with zero attached hydrogens (tertiary/aromatic N) is 1. The van der Waals surface area contributed by atoms with Gasteiger partial charge in [-0.15, -0.1) is 0 Å². The minimum absolute atomic E-state index is 0.0122. The number of esters is 1. The van der Waals surface area contributed by atoms with Crippen LogP contribution in [-0.2, 0) is 16.0 Å². The van der Waals surface area contributed by atoms with Crippen LogP contribution in [0.1, 0.15) is 32.8 Å². The van der Waals surface area contributed by atoms with Gasteiger partial charge in [-0.1, -0.05) is 13.0 Å². The second-order valence-electron chi connectivity index (χ2n) is 4.38. The van der Waals surface area contributed by atoms with Crippen LogP contribution in [0.15, 0.2) is 18.2 Å².